The Morgan fingerprint density at radius 1 is 1.16 bits per heavy atom. The van der Waals surface area contributed by atoms with Crippen molar-refractivity contribution in [3.8, 4) is 0 Å². The van der Waals surface area contributed by atoms with Crippen LogP contribution in [0.3, 0.4) is 0 Å². The van der Waals surface area contributed by atoms with Crippen LogP contribution in [0.25, 0.3) is 10.9 Å². The molecule has 2 atom stereocenters. The Kier molecular flexibility index (Phi) is 3.49. The van der Waals surface area contributed by atoms with Crippen molar-refractivity contribution >= 4 is 10.9 Å². The van der Waals surface area contributed by atoms with Crippen LogP contribution in [0.4, 0.5) is 0 Å². The third kappa shape index (κ3) is 2.77. The number of aromatic nitrogens is 1. The van der Waals surface area contributed by atoms with E-state index in [0.717, 1.165) is 25.2 Å². The first-order valence-electron chi connectivity index (χ1n) is 6.93. The molecule has 0 amide bonds. The quantitative estimate of drug-likeness (QED) is 0.826. The third-order valence-electron chi connectivity index (χ3n) is 3.61. The predicted octanol–water partition coefficient (Wildman–Crippen LogP) is 2.84. The van der Waals surface area contributed by atoms with Gasteiger partial charge in [-0.05, 0) is 25.5 Å². The zero-order chi connectivity index (χ0) is 13.2. The zero-order valence-corrected chi connectivity index (χ0v) is 11.5. The number of hydrogen-bond donors (Lipinski definition) is 0. The Bertz CT molecular complexity index is 554. The van der Waals surface area contributed by atoms with Crippen molar-refractivity contribution in [2.75, 3.05) is 13.1 Å². The summed E-state index contributed by atoms with van der Waals surface area (Å²) >= 11 is 0. The molecule has 0 radical (unpaired) electrons. The molecule has 1 aromatic carbocycles. The normalized spacial score (nSPS) is 24.7. The first kappa shape index (κ1) is 12.6. The first-order chi connectivity index (χ1) is 9.22. The van der Waals surface area contributed by atoms with Crippen LogP contribution in [0, 0.1) is 0 Å². The fourth-order valence-electron chi connectivity index (χ4n) is 2.95. The van der Waals surface area contributed by atoms with Gasteiger partial charge in [-0.2, -0.15) is 0 Å². The average Bonchev–Trinajstić information content (AvgIpc) is 2.38. The highest BCUT2D eigenvalue weighted by Crippen LogP contribution is 2.20. The lowest BCUT2D eigenvalue weighted by Gasteiger charge is -2.35. The van der Waals surface area contributed by atoms with Crippen molar-refractivity contribution in [2.24, 2.45) is 0 Å². The van der Waals surface area contributed by atoms with Gasteiger partial charge in [0.05, 0.1) is 17.7 Å². The molecule has 3 nitrogen and oxygen atoms in total. The van der Waals surface area contributed by atoms with E-state index in [-0.39, 0.29) is 0 Å². The molecule has 1 saturated heterocycles. The maximum atomic E-state index is 5.78. The van der Waals surface area contributed by atoms with Gasteiger partial charge in [-0.1, -0.05) is 24.3 Å². The van der Waals surface area contributed by atoms with Crippen LogP contribution in [0.1, 0.15) is 19.4 Å². The van der Waals surface area contributed by atoms with Gasteiger partial charge in [-0.15, -0.1) is 0 Å². The summed E-state index contributed by atoms with van der Waals surface area (Å²) < 4.78 is 5.78. The molecule has 1 aliphatic rings. The SMILES string of the molecule is C[C@@H]1CN(Cc2cccc3cccnc23)C[C@@H](C)O1. The molecule has 2 heterocycles. The van der Waals surface area contributed by atoms with Crippen molar-refractivity contribution in [3.63, 3.8) is 0 Å². The van der Waals surface area contributed by atoms with E-state index in [0.29, 0.717) is 12.2 Å². The van der Waals surface area contributed by atoms with E-state index in [1.165, 1.54) is 10.9 Å². The summed E-state index contributed by atoms with van der Waals surface area (Å²) in [6, 6.07) is 10.5. The Labute approximate surface area is 114 Å². The maximum absolute atomic E-state index is 5.78. The van der Waals surface area contributed by atoms with E-state index < -0.39 is 0 Å². The molecule has 0 saturated carbocycles. The van der Waals surface area contributed by atoms with Crippen molar-refractivity contribution < 1.29 is 4.74 Å². The number of rotatable bonds is 2. The lowest BCUT2D eigenvalue weighted by atomic mass is 10.1. The molecule has 0 aliphatic carbocycles. The minimum Gasteiger partial charge on any atom is -0.373 e. The zero-order valence-electron chi connectivity index (χ0n) is 11.5. The number of benzene rings is 1. The minimum atomic E-state index is 0.312. The highest BCUT2D eigenvalue weighted by molar-refractivity contribution is 5.81. The maximum Gasteiger partial charge on any atom is 0.0746 e. The molecule has 2 aromatic rings. The standard InChI is InChI=1S/C16H20N2O/c1-12-9-18(10-13(2)19-12)11-15-6-3-5-14-7-4-8-17-16(14)15/h3-8,12-13H,9-11H2,1-2H3/t12-,13-/m1/s1. The number of nitrogens with zero attached hydrogens (tertiary/aromatic N) is 2. The van der Waals surface area contributed by atoms with Gasteiger partial charge in [-0.3, -0.25) is 9.88 Å². The number of fused-ring (bicyclic) bond motifs is 1. The van der Waals surface area contributed by atoms with Crippen LogP contribution in [-0.4, -0.2) is 35.2 Å². The lowest BCUT2D eigenvalue weighted by molar-refractivity contribution is -0.0704. The number of pyridine rings is 1. The van der Waals surface area contributed by atoms with Crippen LogP contribution in [-0.2, 0) is 11.3 Å². The van der Waals surface area contributed by atoms with Gasteiger partial charge >= 0.3 is 0 Å². The summed E-state index contributed by atoms with van der Waals surface area (Å²) in [5, 5.41) is 1.22. The van der Waals surface area contributed by atoms with Gasteiger partial charge in [-0.25, -0.2) is 0 Å². The summed E-state index contributed by atoms with van der Waals surface area (Å²) in [6.45, 7) is 7.22. The second kappa shape index (κ2) is 5.27. The number of para-hydroxylation sites is 1. The van der Waals surface area contributed by atoms with Gasteiger partial charge in [0.25, 0.3) is 0 Å². The van der Waals surface area contributed by atoms with Gasteiger partial charge in [0.2, 0.25) is 0 Å². The van der Waals surface area contributed by atoms with E-state index in [2.05, 4.69) is 48.0 Å². The van der Waals surface area contributed by atoms with Crippen molar-refractivity contribution in [1.82, 2.24) is 9.88 Å². The second-order valence-corrected chi connectivity index (χ2v) is 5.44. The van der Waals surface area contributed by atoms with Gasteiger partial charge < -0.3 is 4.74 Å². The number of ether oxygens (including phenoxy) is 1. The van der Waals surface area contributed by atoms with E-state index in [4.69, 9.17) is 4.74 Å². The lowest BCUT2D eigenvalue weighted by Crippen LogP contribution is -2.44. The predicted molar refractivity (Wildman–Crippen MR) is 77.0 cm³/mol. The summed E-state index contributed by atoms with van der Waals surface area (Å²) in [7, 11) is 0. The Hall–Kier alpha value is -1.45. The fourth-order valence-corrected chi connectivity index (χ4v) is 2.95. The summed E-state index contributed by atoms with van der Waals surface area (Å²) in [4.78, 5) is 6.99. The monoisotopic (exact) mass is 256 g/mol. The highest BCUT2D eigenvalue weighted by Gasteiger charge is 2.22. The summed E-state index contributed by atoms with van der Waals surface area (Å²) in [5.41, 5.74) is 2.43. The van der Waals surface area contributed by atoms with Crippen LogP contribution in [0.15, 0.2) is 36.5 Å². The first-order valence-corrected chi connectivity index (χ1v) is 6.93. The molecular formula is C16H20N2O. The summed E-state index contributed by atoms with van der Waals surface area (Å²) in [5.74, 6) is 0. The van der Waals surface area contributed by atoms with Crippen molar-refractivity contribution in [2.45, 2.75) is 32.6 Å². The van der Waals surface area contributed by atoms with E-state index >= 15 is 0 Å². The molecule has 0 unspecified atom stereocenters. The molecule has 19 heavy (non-hydrogen) atoms. The second-order valence-electron chi connectivity index (χ2n) is 5.44. The van der Waals surface area contributed by atoms with E-state index in [1.54, 1.807) is 0 Å². The smallest absolute Gasteiger partial charge is 0.0746 e. The van der Waals surface area contributed by atoms with Gasteiger partial charge in [0.15, 0.2) is 0 Å². The van der Waals surface area contributed by atoms with Crippen LogP contribution in [0.5, 0.6) is 0 Å². The molecule has 0 bridgehead atoms. The van der Waals surface area contributed by atoms with Crippen molar-refractivity contribution in [1.29, 1.82) is 0 Å². The van der Waals surface area contributed by atoms with Crippen LogP contribution < -0.4 is 0 Å². The van der Waals surface area contributed by atoms with Gasteiger partial charge in [0, 0.05) is 31.2 Å². The van der Waals surface area contributed by atoms with Crippen molar-refractivity contribution in [3.05, 3.63) is 42.1 Å². The molecule has 1 aliphatic heterocycles. The molecule has 0 N–H and O–H groups in total. The minimum absolute atomic E-state index is 0.312. The van der Waals surface area contributed by atoms with E-state index in [1.807, 2.05) is 12.3 Å². The third-order valence-corrected chi connectivity index (χ3v) is 3.61. The molecule has 100 valence electrons. The van der Waals surface area contributed by atoms with Gasteiger partial charge in [0.1, 0.15) is 0 Å². The molecule has 3 rings (SSSR count). The van der Waals surface area contributed by atoms with E-state index in [9.17, 15) is 0 Å². The Morgan fingerprint density at radius 3 is 2.68 bits per heavy atom. The molecular weight excluding hydrogens is 236 g/mol. The molecule has 1 fully saturated rings. The molecule has 3 heteroatoms. The topological polar surface area (TPSA) is 25.4 Å². The molecule has 0 spiro atoms. The Morgan fingerprint density at radius 2 is 1.89 bits per heavy atom. The number of hydrogen-bond acceptors (Lipinski definition) is 3. The highest BCUT2D eigenvalue weighted by atomic mass is 16.5. The Balaban J connectivity index is 1.85. The fraction of sp³-hybridized carbons (Fsp3) is 0.438. The van der Waals surface area contributed by atoms with Crippen LogP contribution in [0.2, 0.25) is 0 Å². The number of morpholine rings is 1. The molecule has 1 aromatic heterocycles. The van der Waals surface area contributed by atoms with Crippen LogP contribution >= 0.6 is 0 Å². The average molecular weight is 256 g/mol. The largest absolute Gasteiger partial charge is 0.373 e. The summed E-state index contributed by atoms with van der Waals surface area (Å²) in [6.07, 6.45) is 2.49.